The molecule has 20 heavy (non-hydrogen) atoms. The second-order valence-electron chi connectivity index (χ2n) is 4.70. The summed E-state index contributed by atoms with van der Waals surface area (Å²) in [5, 5.41) is 5.66. The number of nitrogens with zero attached hydrogens (tertiary/aromatic N) is 1. The van der Waals surface area contributed by atoms with Gasteiger partial charge in [0.15, 0.2) is 0 Å². The van der Waals surface area contributed by atoms with Gasteiger partial charge in [0.25, 0.3) is 0 Å². The third kappa shape index (κ3) is 3.75. The van der Waals surface area contributed by atoms with E-state index in [4.69, 9.17) is 0 Å². The highest BCUT2D eigenvalue weighted by Crippen LogP contribution is 2.17. The molecule has 0 saturated heterocycles. The molecular weight excluding hydrogens is 250 g/mol. The predicted molar refractivity (Wildman–Crippen MR) is 83.1 cm³/mol. The molecule has 2 aromatic carbocycles. The number of carbonyl (C=O) groups is 1. The molecule has 0 unspecified atom stereocenters. The number of anilines is 2. The van der Waals surface area contributed by atoms with Crippen LogP contribution in [0, 0.1) is 0 Å². The van der Waals surface area contributed by atoms with E-state index >= 15 is 0 Å². The van der Waals surface area contributed by atoms with Crippen molar-refractivity contribution in [3.05, 3.63) is 60.2 Å². The number of carbonyl (C=O) groups excluding carboxylic acids is 1. The summed E-state index contributed by atoms with van der Waals surface area (Å²) in [6.07, 6.45) is 0. The number of amides is 2. The van der Waals surface area contributed by atoms with E-state index < -0.39 is 0 Å². The topological polar surface area (TPSA) is 44.4 Å². The Morgan fingerprint density at radius 2 is 1.65 bits per heavy atom. The van der Waals surface area contributed by atoms with Gasteiger partial charge in [0, 0.05) is 32.0 Å². The predicted octanol–water partition coefficient (Wildman–Crippen LogP) is 3.07. The summed E-state index contributed by atoms with van der Waals surface area (Å²) < 4.78 is 0. The number of nitrogens with one attached hydrogen (secondary N) is 2. The van der Waals surface area contributed by atoms with Crippen LogP contribution in [0.15, 0.2) is 54.6 Å². The van der Waals surface area contributed by atoms with Crippen molar-refractivity contribution in [3.63, 3.8) is 0 Å². The first-order valence-electron chi connectivity index (χ1n) is 6.52. The lowest BCUT2D eigenvalue weighted by molar-refractivity contribution is 0.252. The van der Waals surface area contributed by atoms with Crippen LogP contribution in [0.4, 0.5) is 16.2 Å². The molecule has 2 amide bonds. The highest BCUT2D eigenvalue weighted by atomic mass is 16.2. The van der Waals surface area contributed by atoms with E-state index in [0.29, 0.717) is 6.54 Å². The molecule has 2 aromatic rings. The fraction of sp³-hybridized carbons (Fsp3) is 0.188. The van der Waals surface area contributed by atoms with E-state index in [-0.39, 0.29) is 6.03 Å². The summed E-state index contributed by atoms with van der Waals surface area (Å²) in [6.45, 7) is 0.493. The standard InChI is InChI=1S/C16H19N3O/c1-19(2)15-11-7-6-8-13(15)12-17-16(20)18-14-9-4-3-5-10-14/h3-11H,12H2,1-2H3,(H2,17,18,20). The van der Waals surface area contributed by atoms with E-state index in [1.165, 1.54) is 0 Å². The maximum absolute atomic E-state index is 11.8. The molecule has 0 bridgehead atoms. The molecule has 0 aliphatic carbocycles. The zero-order valence-electron chi connectivity index (χ0n) is 11.8. The van der Waals surface area contributed by atoms with Crippen LogP contribution in [-0.4, -0.2) is 20.1 Å². The lowest BCUT2D eigenvalue weighted by atomic mass is 10.1. The van der Waals surface area contributed by atoms with Crippen molar-refractivity contribution in [2.45, 2.75) is 6.54 Å². The molecule has 0 saturated carbocycles. The summed E-state index contributed by atoms with van der Waals surface area (Å²) in [7, 11) is 3.98. The normalized spacial score (nSPS) is 9.90. The van der Waals surface area contributed by atoms with Crippen LogP contribution in [0.25, 0.3) is 0 Å². The van der Waals surface area contributed by atoms with Crippen molar-refractivity contribution in [3.8, 4) is 0 Å². The molecule has 0 aromatic heterocycles. The fourth-order valence-electron chi connectivity index (χ4n) is 1.97. The Morgan fingerprint density at radius 3 is 2.35 bits per heavy atom. The van der Waals surface area contributed by atoms with Gasteiger partial charge in [0.05, 0.1) is 0 Å². The first kappa shape index (κ1) is 13.9. The minimum atomic E-state index is -0.204. The van der Waals surface area contributed by atoms with Gasteiger partial charge in [-0.15, -0.1) is 0 Å². The zero-order valence-corrected chi connectivity index (χ0v) is 11.8. The Hall–Kier alpha value is -2.49. The molecule has 0 atom stereocenters. The van der Waals surface area contributed by atoms with Crippen LogP contribution >= 0.6 is 0 Å². The average Bonchev–Trinajstić information content (AvgIpc) is 2.46. The van der Waals surface area contributed by atoms with Gasteiger partial charge < -0.3 is 15.5 Å². The van der Waals surface area contributed by atoms with Crippen LogP contribution in [0.2, 0.25) is 0 Å². The Balaban J connectivity index is 1.94. The minimum Gasteiger partial charge on any atom is -0.377 e. The first-order chi connectivity index (χ1) is 9.66. The van der Waals surface area contributed by atoms with Gasteiger partial charge in [-0.05, 0) is 23.8 Å². The quantitative estimate of drug-likeness (QED) is 0.896. The summed E-state index contributed by atoms with van der Waals surface area (Å²) in [4.78, 5) is 13.9. The number of urea groups is 1. The van der Waals surface area contributed by atoms with Crippen molar-refractivity contribution in [2.75, 3.05) is 24.3 Å². The largest absolute Gasteiger partial charge is 0.377 e. The molecule has 2 rings (SSSR count). The van der Waals surface area contributed by atoms with Crippen molar-refractivity contribution in [2.24, 2.45) is 0 Å². The molecule has 104 valence electrons. The van der Waals surface area contributed by atoms with Gasteiger partial charge in [-0.1, -0.05) is 36.4 Å². The van der Waals surface area contributed by atoms with Gasteiger partial charge in [0.2, 0.25) is 0 Å². The molecule has 0 aliphatic heterocycles. The maximum atomic E-state index is 11.8. The molecule has 4 heteroatoms. The van der Waals surface area contributed by atoms with Crippen LogP contribution in [0.5, 0.6) is 0 Å². The van der Waals surface area contributed by atoms with Gasteiger partial charge in [0.1, 0.15) is 0 Å². The van der Waals surface area contributed by atoms with Gasteiger partial charge >= 0.3 is 6.03 Å². The molecule has 0 radical (unpaired) electrons. The van der Waals surface area contributed by atoms with Crippen molar-refractivity contribution >= 4 is 17.4 Å². The minimum absolute atomic E-state index is 0.204. The maximum Gasteiger partial charge on any atom is 0.319 e. The van der Waals surface area contributed by atoms with Crippen LogP contribution in [-0.2, 0) is 6.54 Å². The van der Waals surface area contributed by atoms with Crippen LogP contribution in [0.3, 0.4) is 0 Å². The summed E-state index contributed by atoms with van der Waals surface area (Å²) in [5.74, 6) is 0. The number of benzene rings is 2. The Kier molecular flexibility index (Phi) is 4.60. The smallest absolute Gasteiger partial charge is 0.319 e. The Morgan fingerprint density at radius 1 is 1.00 bits per heavy atom. The van der Waals surface area contributed by atoms with Crippen molar-refractivity contribution in [1.82, 2.24) is 5.32 Å². The number of rotatable bonds is 4. The molecular formula is C16H19N3O. The number of hydrogen-bond acceptors (Lipinski definition) is 2. The fourth-order valence-corrected chi connectivity index (χ4v) is 1.97. The van der Waals surface area contributed by atoms with E-state index in [2.05, 4.69) is 10.6 Å². The van der Waals surface area contributed by atoms with E-state index in [9.17, 15) is 4.79 Å². The summed E-state index contributed by atoms with van der Waals surface area (Å²) in [5.41, 5.74) is 2.97. The number of hydrogen-bond donors (Lipinski definition) is 2. The third-order valence-electron chi connectivity index (χ3n) is 2.94. The molecule has 0 heterocycles. The second-order valence-corrected chi connectivity index (χ2v) is 4.70. The Labute approximate surface area is 119 Å². The van der Waals surface area contributed by atoms with Crippen molar-refractivity contribution < 1.29 is 4.79 Å². The highest BCUT2D eigenvalue weighted by molar-refractivity contribution is 5.89. The monoisotopic (exact) mass is 269 g/mol. The van der Waals surface area contributed by atoms with E-state index in [1.54, 1.807) is 0 Å². The van der Waals surface area contributed by atoms with E-state index in [1.807, 2.05) is 73.6 Å². The lowest BCUT2D eigenvalue weighted by Gasteiger charge is -2.17. The highest BCUT2D eigenvalue weighted by Gasteiger charge is 2.05. The molecule has 2 N–H and O–H groups in total. The SMILES string of the molecule is CN(C)c1ccccc1CNC(=O)Nc1ccccc1. The molecule has 0 spiro atoms. The molecule has 4 nitrogen and oxygen atoms in total. The van der Waals surface area contributed by atoms with Gasteiger partial charge in [-0.2, -0.15) is 0 Å². The van der Waals surface area contributed by atoms with Crippen LogP contribution < -0.4 is 15.5 Å². The van der Waals surface area contributed by atoms with Crippen molar-refractivity contribution in [1.29, 1.82) is 0 Å². The zero-order chi connectivity index (χ0) is 14.4. The lowest BCUT2D eigenvalue weighted by Crippen LogP contribution is -2.28. The summed E-state index contributed by atoms with van der Waals surface area (Å²) in [6, 6.07) is 17.2. The third-order valence-corrected chi connectivity index (χ3v) is 2.94. The second kappa shape index (κ2) is 6.61. The number of para-hydroxylation sites is 2. The average molecular weight is 269 g/mol. The molecule has 0 aliphatic rings. The summed E-state index contributed by atoms with van der Waals surface area (Å²) >= 11 is 0. The Bertz CT molecular complexity index is 567. The molecule has 0 fully saturated rings. The van der Waals surface area contributed by atoms with Crippen LogP contribution in [0.1, 0.15) is 5.56 Å². The van der Waals surface area contributed by atoms with Gasteiger partial charge in [-0.3, -0.25) is 0 Å². The van der Waals surface area contributed by atoms with Gasteiger partial charge in [-0.25, -0.2) is 4.79 Å². The van der Waals surface area contributed by atoms with E-state index in [0.717, 1.165) is 16.9 Å². The first-order valence-corrected chi connectivity index (χ1v) is 6.52.